The van der Waals surface area contributed by atoms with Gasteiger partial charge in [-0.1, -0.05) is 25.1 Å². The Labute approximate surface area is 126 Å². The van der Waals surface area contributed by atoms with Crippen molar-refractivity contribution in [1.82, 2.24) is 14.8 Å². The van der Waals surface area contributed by atoms with E-state index < -0.39 is 0 Å². The minimum absolute atomic E-state index is 0.341. The van der Waals surface area contributed by atoms with Gasteiger partial charge in [-0.15, -0.1) is 33.1 Å². The molecule has 0 saturated carbocycles. The average Bonchev–Trinajstić information content (AvgIpc) is 3.15. The molecule has 102 valence electrons. The van der Waals surface area contributed by atoms with E-state index >= 15 is 0 Å². The third-order valence-electron chi connectivity index (χ3n) is 3.19. The van der Waals surface area contributed by atoms with Crippen molar-refractivity contribution >= 4 is 22.9 Å². The van der Waals surface area contributed by atoms with Crippen LogP contribution in [0.5, 0.6) is 0 Å². The van der Waals surface area contributed by atoms with Crippen molar-refractivity contribution < 1.29 is 0 Å². The average molecular weight is 304 g/mol. The maximum atomic E-state index is 6.00. The van der Waals surface area contributed by atoms with Crippen LogP contribution in [-0.4, -0.2) is 14.8 Å². The first-order valence-electron chi connectivity index (χ1n) is 6.47. The van der Waals surface area contributed by atoms with E-state index in [1.165, 1.54) is 5.56 Å². The Morgan fingerprint density at radius 2 is 1.95 bits per heavy atom. The fourth-order valence-electron chi connectivity index (χ4n) is 2.12. The first-order chi connectivity index (χ1) is 9.83. The molecule has 3 rings (SSSR count). The second-order valence-electron chi connectivity index (χ2n) is 4.41. The summed E-state index contributed by atoms with van der Waals surface area (Å²) in [6.07, 6.45) is 1.03. The van der Waals surface area contributed by atoms with Crippen LogP contribution in [0.2, 0.25) is 0 Å². The Hall–Kier alpha value is -1.65. The Kier molecular flexibility index (Phi) is 3.85. The van der Waals surface area contributed by atoms with Crippen LogP contribution in [0.15, 0.2) is 41.8 Å². The zero-order valence-electron chi connectivity index (χ0n) is 11.1. The standard InChI is InChI=1S/C15H14ClN3S/c1-2-11-5-7-12(8-6-11)19-14(10-16)17-18-15(19)13-4-3-9-20-13/h3-9H,2,10H2,1H3. The maximum absolute atomic E-state index is 6.00. The largest absolute Gasteiger partial charge is 0.277 e. The lowest BCUT2D eigenvalue weighted by atomic mass is 10.1. The van der Waals surface area contributed by atoms with Crippen molar-refractivity contribution in [3.63, 3.8) is 0 Å². The minimum atomic E-state index is 0.341. The van der Waals surface area contributed by atoms with Gasteiger partial charge in [0.25, 0.3) is 0 Å². The van der Waals surface area contributed by atoms with Crippen LogP contribution >= 0.6 is 22.9 Å². The summed E-state index contributed by atoms with van der Waals surface area (Å²) in [7, 11) is 0. The number of alkyl halides is 1. The lowest BCUT2D eigenvalue weighted by molar-refractivity contribution is 0.952. The van der Waals surface area contributed by atoms with Gasteiger partial charge in [0.15, 0.2) is 11.6 Å². The molecule has 0 saturated heterocycles. The number of nitrogens with zero attached hydrogens (tertiary/aromatic N) is 3. The summed E-state index contributed by atoms with van der Waals surface area (Å²) >= 11 is 7.65. The third-order valence-corrected chi connectivity index (χ3v) is 4.30. The molecule has 0 spiro atoms. The van der Waals surface area contributed by atoms with Gasteiger partial charge in [-0.25, -0.2) is 0 Å². The monoisotopic (exact) mass is 303 g/mol. The van der Waals surface area contributed by atoms with Crippen LogP contribution in [0.1, 0.15) is 18.3 Å². The number of rotatable bonds is 4. The van der Waals surface area contributed by atoms with E-state index in [1.54, 1.807) is 11.3 Å². The lowest BCUT2D eigenvalue weighted by Gasteiger charge is -2.09. The molecule has 0 fully saturated rings. The van der Waals surface area contributed by atoms with Gasteiger partial charge in [0, 0.05) is 5.69 Å². The van der Waals surface area contributed by atoms with E-state index in [4.69, 9.17) is 11.6 Å². The van der Waals surface area contributed by atoms with E-state index in [1.807, 2.05) is 22.1 Å². The Balaban J connectivity index is 2.13. The van der Waals surface area contributed by atoms with Crippen LogP contribution in [0.4, 0.5) is 0 Å². The fourth-order valence-corrected chi connectivity index (χ4v) is 2.99. The SMILES string of the molecule is CCc1ccc(-n2c(CCl)nnc2-c2cccs2)cc1. The molecule has 0 amide bonds. The minimum Gasteiger partial charge on any atom is -0.277 e. The predicted octanol–water partition coefficient (Wildman–Crippen LogP) is 4.30. The predicted molar refractivity (Wildman–Crippen MR) is 83.6 cm³/mol. The number of aryl methyl sites for hydroxylation is 1. The topological polar surface area (TPSA) is 30.7 Å². The molecule has 3 aromatic rings. The molecule has 20 heavy (non-hydrogen) atoms. The number of thiophene rings is 1. The highest BCUT2D eigenvalue weighted by Gasteiger charge is 2.15. The normalized spacial score (nSPS) is 10.9. The summed E-state index contributed by atoms with van der Waals surface area (Å²) < 4.78 is 2.03. The molecule has 2 heterocycles. The molecule has 0 unspecified atom stereocenters. The first-order valence-corrected chi connectivity index (χ1v) is 7.88. The number of hydrogen-bond donors (Lipinski definition) is 0. The molecule has 0 N–H and O–H groups in total. The molecule has 0 atom stereocenters. The summed E-state index contributed by atoms with van der Waals surface area (Å²) in [5.74, 6) is 1.95. The van der Waals surface area contributed by atoms with Gasteiger partial charge in [0.2, 0.25) is 0 Å². The van der Waals surface area contributed by atoms with E-state index in [0.717, 1.165) is 28.6 Å². The highest BCUT2D eigenvalue weighted by molar-refractivity contribution is 7.13. The lowest BCUT2D eigenvalue weighted by Crippen LogP contribution is -2.01. The molecule has 0 aliphatic rings. The van der Waals surface area contributed by atoms with Gasteiger partial charge in [-0.05, 0) is 35.6 Å². The van der Waals surface area contributed by atoms with Crippen LogP contribution in [0.25, 0.3) is 16.4 Å². The van der Waals surface area contributed by atoms with E-state index in [-0.39, 0.29) is 0 Å². The van der Waals surface area contributed by atoms with E-state index in [2.05, 4.69) is 41.4 Å². The Bertz CT molecular complexity index is 686. The highest BCUT2D eigenvalue weighted by atomic mass is 35.5. The van der Waals surface area contributed by atoms with E-state index in [0.29, 0.717) is 5.88 Å². The van der Waals surface area contributed by atoms with Crippen LogP contribution in [0.3, 0.4) is 0 Å². The Morgan fingerprint density at radius 3 is 2.55 bits per heavy atom. The van der Waals surface area contributed by atoms with E-state index in [9.17, 15) is 0 Å². The van der Waals surface area contributed by atoms with Crippen LogP contribution < -0.4 is 0 Å². The van der Waals surface area contributed by atoms with Crippen molar-refractivity contribution in [3.05, 3.63) is 53.2 Å². The van der Waals surface area contributed by atoms with Crippen molar-refractivity contribution in [2.75, 3.05) is 0 Å². The zero-order valence-corrected chi connectivity index (χ0v) is 12.7. The molecule has 0 radical (unpaired) electrons. The summed E-state index contributed by atoms with van der Waals surface area (Å²) in [5, 5.41) is 10.5. The summed E-state index contributed by atoms with van der Waals surface area (Å²) in [6.45, 7) is 2.15. The molecular formula is C15H14ClN3S. The molecular weight excluding hydrogens is 290 g/mol. The summed E-state index contributed by atoms with van der Waals surface area (Å²) in [5.41, 5.74) is 2.36. The van der Waals surface area contributed by atoms with Crippen molar-refractivity contribution in [2.24, 2.45) is 0 Å². The smallest absolute Gasteiger partial charge is 0.178 e. The van der Waals surface area contributed by atoms with Gasteiger partial charge in [-0.3, -0.25) is 4.57 Å². The molecule has 0 aliphatic carbocycles. The molecule has 2 aromatic heterocycles. The van der Waals surface area contributed by atoms with Crippen molar-refractivity contribution in [2.45, 2.75) is 19.2 Å². The van der Waals surface area contributed by atoms with Gasteiger partial charge in [-0.2, -0.15) is 0 Å². The van der Waals surface area contributed by atoms with Gasteiger partial charge < -0.3 is 0 Å². The molecule has 0 bridgehead atoms. The number of hydrogen-bond acceptors (Lipinski definition) is 3. The maximum Gasteiger partial charge on any atom is 0.178 e. The van der Waals surface area contributed by atoms with Crippen LogP contribution in [0, 0.1) is 0 Å². The first kappa shape index (κ1) is 13.3. The van der Waals surface area contributed by atoms with Crippen molar-refractivity contribution in [3.8, 4) is 16.4 Å². The number of benzene rings is 1. The fraction of sp³-hybridized carbons (Fsp3) is 0.200. The highest BCUT2D eigenvalue weighted by Crippen LogP contribution is 2.27. The second-order valence-corrected chi connectivity index (χ2v) is 5.62. The summed E-state index contributed by atoms with van der Waals surface area (Å²) in [4.78, 5) is 1.09. The number of aromatic nitrogens is 3. The van der Waals surface area contributed by atoms with Crippen LogP contribution in [-0.2, 0) is 12.3 Å². The summed E-state index contributed by atoms with van der Waals surface area (Å²) in [6, 6.07) is 12.5. The molecule has 5 heteroatoms. The van der Waals surface area contributed by atoms with Gasteiger partial charge in [0.05, 0.1) is 10.8 Å². The van der Waals surface area contributed by atoms with Gasteiger partial charge >= 0.3 is 0 Å². The molecule has 1 aromatic carbocycles. The van der Waals surface area contributed by atoms with Crippen molar-refractivity contribution in [1.29, 1.82) is 0 Å². The molecule has 3 nitrogen and oxygen atoms in total. The number of halogens is 1. The zero-order chi connectivity index (χ0) is 13.9. The molecule has 0 aliphatic heterocycles. The Morgan fingerprint density at radius 1 is 1.15 bits per heavy atom. The third kappa shape index (κ3) is 2.37. The van der Waals surface area contributed by atoms with Gasteiger partial charge in [0.1, 0.15) is 0 Å². The second kappa shape index (κ2) is 5.77. The quantitative estimate of drug-likeness (QED) is 0.673.